The van der Waals surface area contributed by atoms with Crippen LogP contribution in [-0.2, 0) is 35.5 Å². The first-order valence-electron chi connectivity index (χ1n) is 15.3. The van der Waals surface area contributed by atoms with Gasteiger partial charge < -0.3 is 34.4 Å². The van der Waals surface area contributed by atoms with Crippen LogP contribution in [0.2, 0.25) is 0 Å². The van der Waals surface area contributed by atoms with Crippen LogP contribution >= 0.6 is 0 Å². The van der Waals surface area contributed by atoms with Crippen LogP contribution < -0.4 is 0 Å². The number of likely N-dealkylation sites (tertiary alicyclic amines) is 2. The number of hydrogen-bond acceptors (Lipinski definition) is 9. The number of carbonyl (C=O) groups is 3. The van der Waals surface area contributed by atoms with Gasteiger partial charge in [-0.15, -0.1) is 0 Å². The number of piperidine rings is 1. The Labute approximate surface area is 294 Å². The van der Waals surface area contributed by atoms with E-state index in [0.29, 0.717) is 13.1 Å². The first-order valence-corrected chi connectivity index (χ1v) is 15.3. The SMILES string of the molecule is CC.CC(C)OC(=O)N1CC(F)(C(=O)N(C)C)C1.CC(CN(C)O)C(C)(F)F.CN(C)C.CN(C)C1(C)CCN(C(=O)OF)CC1.[W]. The number of amides is 3. The van der Waals surface area contributed by atoms with E-state index in [4.69, 9.17) is 9.94 Å². The molecule has 0 aliphatic carbocycles. The second-order valence-corrected chi connectivity index (χ2v) is 12.7. The molecule has 1 atom stereocenters. The fraction of sp³-hybridized carbons (Fsp3) is 0.900. The van der Waals surface area contributed by atoms with E-state index < -0.39 is 35.6 Å². The largest absolute Gasteiger partial charge is 0.447 e. The molecule has 2 aliphatic rings. The standard InChI is InChI=1S/C10H17FN2O3.C9H17FN2O2.C6H13F2NO.C3H9N.C2H6.W/c1-7(2)16-9(15)13-5-10(11,6-13)8(14)12(3)4;1-9(11(2)3)4-6-12(7-5-9)8(13)14-10;1-5(4-9(3)10)6(2,7)8;1-4(2)3;1-2;/h7H,5-6H2,1-4H3;4-7H2,1-3H3;5,10H,4H2,1-3H3;1-3H3;1-2H3;. The number of rotatable bonds is 6. The number of carbonyl (C=O) groups excluding carboxylic acids is 3. The Balaban J connectivity index is -0.000000274. The summed E-state index contributed by atoms with van der Waals surface area (Å²) in [6, 6.07) is 0. The van der Waals surface area contributed by atoms with Gasteiger partial charge in [0.25, 0.3) is 5.91 Å². The maximum atomic E-state index is 13.9. The van der Waals surface area contributed by atoms with Crippen molar-refractivity contribution in [2.45, 2.75) is 84.5 Å². The number of alkyl halides is 3. The second-order valence-electron chi connectivity index (χ2n) is 12.7. The molecular weight excluding hydrogens is 800 g/mol. The molecule has 0 saturated carbocycles. The molecule has 2 fully saturated rings. The first-order chi connectivity index (χ1) is 20.8. The molecule has 2 saturated heterocycles. The van der Waals surface area contributed by atoms with E-state index in [1.807, 2.05) is 54.0 Å². The Hall–Kier alpha value is -1.74. The van der Waals surface area contributed by atoms with Gasteiger partial charge in [0, 0.05) is 77.8 Å². The predicted molar refractivity (Wildman–Crippen MR) is 171 cm³/mol. The van der Waals surface area contributed by atoms with E-state index >= 15 is 0 Å². The van der Waals surface area contributed by atoms with E-state index in [-0.39, 0.29) is 52.3 Å². The summed E-state index contributed by atoms with van der Waals surface area (Å²) in [5, 5.41) is 9.35. The maximum Gasteiger partial charge on any atom is 0.447 e. The number of nitrogens with zero attached hydrogens (tertiary/aromatic N) is 6. The maximum absolute atomic E-state index is 13.9. The van der Waals surface area contributed by atoms with Gasteiger partial charge in [-0.1, -0.05) is 20.8 Å². The number of hydroxylamine groups is 2. The van der Waals surface area contributed by atoms with E-state index in [1.54, 1.807) is 13.8 Å². The Morgan fingerprint density at radius 3 is 1.55 bits per heavy atom. The summed E-state index contributed by atoms with van der Waals surface area (Å²) < 4.78 is 55.0. The molecule has 0 radical (unpaired) electrons. The molecule has 282 valence electrons. The smallest absolute Gasteiger partial charge is 0.447 e. The van der Waals surface area contributed by atoms with Crippen molar-refractivity contribution in [2.75, 3.05) is 89.1 Å². The summed E-state index contributed by atoms with van der Waals surface area (Å²) >= 11 is 0. The van der Waals surface area contributed by atoms with Gasteiger partial charge in [-0.25, -0.2) is 27.7 Å². The molecular formula is C30H62F4N6O6W. The van der Waals surface area contributed by atoms with E-state index in [1.165, 1.54) is 42.8 Å². The summed E-state index contributed by atoms with van der Waals surface area (Å²) in [6.45, 7) is 12.5. The minimum atomic E-state index is -2.71. The minimum absolute atomic E-state index is 0. The molecule has 1 unspecified atom stereocenters. The molecule has 12 nitrogen and oxygen atoms in total. The monoisotopic (exact) mass is 862 g/mol. The summed E-state index contributed by atoms with van der Waals surface area (Å²) in [5.41, 5.74) is -1.84. The van der Waals surface area contributed by atoms with Gasteiger partial charge in [0.1, 0.15) is 0 Å². The number of halogens is 4. The van der Waals surface area contributed by atoms with E-state index in [0.717, 1.165) is 24.8 Å². The molecule has 3 amide bonds. The Morgan fingerprint density at radius 1 is 0.894 bits per heavy atom. The third-order valence-corrected chi connectivity index (χ3v) is 6.92. The minimum Gasteiger partial charge on any atom is -0.447 e. The molecule has 17 heteroatoms. The molecule has 47 heavy (non-hydrogen) atoms. The topological polar surface area (TPSA) is 109 Å². The van der Waals surface area contributed by atoms with Crippen LogP contribution in [0.1, 0.15) is 61.3 Å². The average molecular weight is 863 g/mol. The normalized spacial score (nSPS) is 16.7. The molecule has 1 N–H and O–H groups in total. The second kappa shape index (κ2) is 24.4. The van der Waals surface area contributed by atoms with Crippen LogP contribution in [0.4, 0.5) is 27.3 Å². The quantitative estimate of drug-likeness (QED) is 0.296. The van der Waals surface area contributed by atoms with E-state index in [2.05, 4.69) is 16.8 Å². The number of ether oxygens (including phenoxy) is 1. The fourth-order valence-electron chi connectivity index (χ4n) is 3.72. The van der Waals surface area contributed by atoms with Crippen molar-refractivity contribution >= 4 is 18.1 Å². The molecule has 2 rings (SSSR count). The van der Waals surface area contributed by atoms with Gasteiger partial charge in [-0.2, -0.15) is 5.06 Å². The van der Waals surface area contributed by atoms with Gasteiger partial charge in [-0.05, 0) is 75.8 Å². The molecule has 2 aliphatic heterocycles. The van der Waals surface area contributed by atoms with Crippen molar-refractivity contribution in [1.82, 2.24) is 29.6 Å². The van der Waals surface area contributed by atoms with Crippen LogP contribution in [0.25, 0.3) is 0 Å². The van der Waals surface area contributed by atoms with Crippen LogP contribution in [-0.4, -0.2) is 165 Å². The molecule has 0 aromatic carbocycles. The van der Waals surface area contributed by atoms with Crippen LogP contribution in [0.3, 0.4) is 0 Å². The summed E-state index contributed by atoms with van der Waals surface area (Å²) in [6.07, 6.45) is -0.00296. The van der Waals surface area contributed by atoms with Crippen LogP contribution in [0.5, 0.6) is 0 Å². The predicted octanol–water partition coefficient (Wildman–Crippen LogP) is 4.87. The van der Waals surface area contributed by atoms with Crippen LogP contribution in [0, 0.1) is 5.92 Å². The summed E-state index contributed by atoms with van der Waals surface area (Å²) in [4.78, 5) is 44.7. The zero-order valence-electron chi connectivity index (χ0n) is 31.2. The van der Waals surface area contributed by atoms with Crippen LogP contribution in [0.15, 0.2) is 0 Å². The van der Waals surface area contributed by atoms with Gasteiger partial charge in [0.05, 0.1) is 19.2 Å². The molecule has 0 bridgehead atoms. The van der Waals surface area contributed by atoms with Crippen molar-refractivity contribution in [3.8, 4) is 0 Å². The third kappa shape index (κ3) is 21.8. The zero-order chi connectivity index (χ0) is 37.2. The first kappa shape index (κ1) is 52.1. The van der Waals surface area contributed by atoms with Crippen molar-refractivity contribution in [3.05, 3.63) is 0 Å². The van der Waals surface area contributed by atoms with Gasteiger partial charge in [-0.3, -0.25) is 4.79 Å². The average Bonchev–Trinajstić information content (AvgIpc) is 2.91. The van der Waals surface area contributed by atoms with Gasteiger partial charge >= 0.3 is 12.2 Å². The summed E-state index contributed by atoms with van der Waals surface area (Å²) in [7, 11) is 14.4. The fourth-order valence-corrected chi connectivity index (χ4v) is 3.72. The zero-order valence-corrected chi connectivity index (χ0v) is 34.1. The third-order valence-electron chi connectivity index (χ3n) is 6.92. The molecule has 0 spiro atoms. The Kier molecular flexibility index (Phi) is 27.0. The Bertz CT molecular complexity index is 866. The Morgan fingerprint density at radius 2 is 1.30 bits per heavy atom. The number of hydrogen-bond donors (Lipinski definition) is 1. The molecule has 0 aromatic rings. The van der Waals surface area contributed by atoms with Crippen molar-refractivity contribution in [1.29, 1.82) is 0 Å². The molecule has 2 heterocycles. The summed E-state index contributed by atoms with van der Waals surface area (Å²) in [5.74, 6) is -4.14. The van der Waals surface area contributed by atoms with E-state index in [9.17, 15) is 32.1 Å². The van der Waals surface area contributed by atoms with Crippen molar-refractivity contribution < 1.29 is 68.0 Å². The van der Waals surface area contributed by atoms with Gasteiger partial charge in [0.2, 0.25) is 11.6 Å². The van der Waals surface area contributed by atoms with Crippen molar-refractivity contribution in [2.24, 2.45) is 5.92 Å². The van der Waals surface area contributed by atoms with Gasteiger partial charge in [0.15, 0.2) is 0 Å². The van der Waals surface area contributed by atoms with Crippen molar-refractivity contribution in [3.63, 3.8) is 0 Å². The molecule has 0 aromatic heterocycles.